The molecule has 3 heteroatoms. The van der Waals surface area contributed by atoms with Crippen molar-refractivity contribution in [3.05, 3.63) is 58.7 Å². The zero-order valence-corrected chi connectivity index (χ0v) is 17.2. The topological polar surface area (TPSA) is 38.3 Å². The molecule has 2 aromatic carbocycles. The summed E-state index contributed by atoms with van der Waals surface area (Å²) in [6, 6.07) is 12.5. The third-order valence-electron chi connectivity index (χ3n) is 5.53. The van der Waals surface area contributed by atoms with Crippen LogP contribution in [0.3, 0.4) is 0 Å². The lowest BCUT2D eigenvalue weighted by atomic mass is 9.77. The van der Waals surface area contributed by atoms with Gasteiger partial charge in [0.25, 0.3) is 0 Å². The van der Waals surface area contributed by atoms with E-state index in [1.54, 1.807) is 0 Å². The van der Waals surface area contributed by atoms with Gasteiger partial charge in [0.05, 0.1) is 11.5 Å². The Balaban J connectivity index is 1.89. The molecule has 2 aromatic rings. The summed E-state index contributed by atoms with van der Waals surface area (Å²) in [5, 5.41) is 3.21. The van der Waals surface area contributed by atoms with Crippen LogP contribution in [-0.2, 0) is 10.2 Å². The van der Waals surface area contributed by atoms with E-state index in [1.165, 1.54) is 5.56 Å². The summed E-state index contributed by atoms with van der Waals surface area (Å²) in [4.78, 5) is 13.4. The largest absolute Gasteiger partial charge is 0.490 e. The number of aryl methyl sites for hydroxylation is 3. The van der Waals surface area contributed by atoms with Crippen molar-refractivity contribution in [3.8, 4) is 5.75 Å². The fraction of sp³-hybridized carbons (Fsp3) is 0.458. The zero-order valence-electron chi connectivity index (χ0n) is 17.2. The minimum atomic E-state index is -0.416. The number of carbonyl (C=O) groups is 1. The van der Waals surface area contributed by atoms with Gasteiger partial charge in [-0.3, -0.25) is 4.79 Å². The fourth-order valence-corrected chi connectivity index (χ4v) is 4.26. The predicted octanol–water partition coefficient (Wildman–Crippen LogP) is 5.85. The maximum atomic E-state index is 13.4. The van der Waals surface area contributed by atoms with Gasteiger partial charge in [-0.1, -0.05) is 42.7 Å². The molecule has 1 saturated carbocycles. The second-order valence-electron chi connectivity index (χ2n) is 8.22. The number of anilines is 1. The highest BCUT2D eigenvalue weighted by Crippen LogP contribution is 2.42. The number of ether oxygens (including phenoxy) is 1. The molecule has 0 unspecified atom stereocenters. The van der Waals surface area contributed by atoms with Gasteiger partial charge in [-0.2, -0.15) is 0 Å². The Morgan fingerprint density at radius 3 is 2.22 bits per heavy atom. The lowest BCUT2D eigenvalue weighted by Gasteiger charge is -2.29. The van der Waals surface area contributed by atoms with Crippen LogP contribution in [0.1, 0.15) is 61.8 Å². The Morgan fingerprint density at radius 2 is 1.67 bits per heavy atom. The van der Waals surface area contributed by atoms with Crippen LogP contribution >= 0.6 is 0 Å². The van der Waals surface area contributed by atoms with E-state index >= 15 is 0 Å². The van der Waals surface area contributed by atoms with Crippen LogP contribution < -0.4 is 10.1 Å². The average molecular weight is 366 g/mol. The van der Waals surface area contributed by atoms with Crippen molar-refractivity contribution < 1.29 is 9.53 Å². The van der Waals surface area contributed by atoms with Crippen molar-refractivity contribution in [1.29, 1.82) is 0 Å². The summed E-state index contributed by atoms with van der Waals surface area (Å²) < 4.78 is 5.93. The van der Waals surface area contributed by atoms with Crippen LogP contribution in [0.5, 0.6) is 5.75 Å². The zero-order chi connectivity index (χ0) is 19.6. The molecule has 144 valence electrons. The van der Waals surface area contributed by atoms with Crippen LogP contribution in [0.2, 0.25) is 0 Å². The highest BCUT2D eigenvalue weighted by Gasteiger charge is 2.42. The molecule has 27 heavy (non-hydrogen) atoms. The van der Waals surface area contributed by atoms with Gasteiger partial charge in [-0.05, 0) is 76.3 Å². The smallest absolute Gasteiger partial charge is 0.235 e. The molecular weight excluding hydrogens is 334 g/mol. The van der Waals surface area contributed by atoms with Crippen molar-refractivity contribution in [2.75, 3.05) is 5.32 Å². The van der Waals surface area contributed by atoms with E-state index in [4.69, 9.17) is 4.74 Å². The van der Waals surface area contributed by atoms with E-state index in [-0.39, 0.29) is 12.0 Å². The molecule has 1 fully saturated rings. The van der Waals surface area contributed by atoms with Crippen molar-refractivity contribution in [2.24, 2.45) is 0 Å². The number of hydrogen-bond acceptors (Lipinski definition) is 2. The highest BCUT2D eigenvalue weighted by molar-refractivity contribution is 5.99. The first-order valence-electron chi connectivity index (χ1n) is 9.98. The number of nitrogens with one attached hydrogen (secondary N) is 1. The molecule has 0 bridgehead atoms. The molecule has 0 aromatic heterocycles. The minimum absolute atomic E-state index is 0.113. The summed E-state index contributed by atoms with van der Waals surface area (Å²) in [5.74, 6) is 1.03. The quantitative estimate of drug-likeness (QED) is 0.722. The van der Waals surface area contributed by atoms with Crippen LogP contribution in [0.25, 0.3) is 0 Å². The average Bonchev–Trinajstić information content (AvgIpc) is 3.09. The molecule has 0 aliphatic heterocycles. The Labute approximate surface area is 163 Å². The summed E-state index contributed by atoms with van der Waals surface area (Å²) in [5.41, 5.74) is 4.88. The summed E-state index contributed by atoms with van der Waals surface area (Å²) in [6.07, 6.45) is 4.15. The normalized spacial score (nSPS) is 15.8. The standard InChI is InChI=1S/C24H31NO2/c1-16(2)27-22-18(4)14-21(15-19(22)5)25-23(26)24(11-6-7-12-24)20-10-8-9-17(3)13-20/h8-10,13-16H,6-7,11-12H2,1-5H3,(H,25,26). The summed E-state index contributed by atoms with van der Waals surface area (Å²) in [7, 11) is 0. The predicted molar refractivity (Wildman–Crippen MR) is 112 cm³/mol. The Bertz CT molecular complexity index is 809. The lowest BCUT2D eigenvalue weighted by Crippen LogP contribution is -2.38. The fourth-order valence-electron chi connectivity index (χ4n) is 4.26. The van der Waals surface area contributed by atoms with Gasteiger partial charge >= 0.3 is 0 Å². The third kappa shape index (κ3) is 4.02. The monoisotopic (exact) mass is 365 g/mol. The maximum Gasteiger partial charge on any atom is 0.235 e. The maximum absolute atomic E-state index is 13.4. The van der Waals surface area contributed by atoms with Gasteiger partial charge < -0.3 is 10.1 Å². The third-order valence-corrected chi connectivity index (χ3v) is 5.53. The number of carbonyl (C=O) groups excluding carboxylic acids is 1. The molecule has 1 aliphatic carbocycles. The van der Waals surface area contributed by atoms with Crippen molar-refractivity contribution in [3.63, 3.8) is 0 Å². The van der Waals surface area contributed by atoms with E-state index < -0.39 is 5.41 Å². The van der Waals surface area contributed by atoms with Gasteiger partial charge in [0, 0.05) is 5.69 Å². The first-order chi connectivity index (χ1) is 12.8. The SMILES string of the molecule is Cc1cccc(C2(C(=O)Nc3cc(C)c(OC(C)C)c(C)c3)CCCC2)c1. The Morgan fingerprint density at radius 1 is 1.04 bits per heavy atom. The molecule has 0 spiro atoms. The van der Waals surface area contributed by atoms with Crippen LogP contribution in [0.15, 0.2) is 36.4 Å². The first kappa shape index (κ1) is 19.5. The summed E-state index contributed by atoms with van der Waals surface area (Å²) in [6.45, 7) is 10.2. The molecule has 1 aliphatic rings. The van der Waals surface area contributed by atoms with E-state index in [0.29, 0.717) is 0 Å². The Hall–Kier alpha value is -2.29. The van der Waals surface area contributed by atoms with E-state index in [0.717, 1.165) is 53.8 Å². The van der Waals surface area contributed by atoms with Gasteiger partial charge in [-0.15, -0.1) is 0 Å². The molecular formula is C24H31NO2. The van der Waals surface area contributed by atoms with Crippen LogP contribution in [-0.4, -0.2) is 12.0 Å². The number of benzene rings is 2. The minimum Gasteiger partial charge on any atom is -0.490 e. The second kappa shape index (κ2) is 7.75. The number of rotatable bonds is 5. The Kier molecular flexibility index (Phi) is 5.59. The molecule has 1 amide bonds. The van der Waals surface area contributed by atoms with Crippen molar-refractivity contribution >= 4 is 11.6 Å². The van der Waals surface area contributed by atoms with Gasteiger partial charge in [0.2, 0.25) is 5.91 Å². The molecule has 0 radical (unpaired) electrons. The molecule has 0 heterocycles. The second-order valence-corrected chi connectivity index (χ2v) is 8.22. The van der Waals surface area contributed by atoms with E-state index in [9.17, 15) is 4.79 Å². The molecule has 1 N–H and O–H groups in total. The van der Waals surface area contributed by atoms with Crippen LogP contribution in [0, 0.1) is 20.8 Å². The van der Waals surface area contributed by atoms with Crippen LogP contribution in [0.4, 0.5) is 5.69 Å². The van der Waals surface area contributed by atoms with Gasteiger partial charge in [-0.25, -0.2) is 0 Å². The summed E-state index contributed by atoms with van der Waals surface area (Å²) >= 11 is 0. The first-order valence-corrected chi connectivity index (χ1v) is 9.98. The number of hydrogen-bond donors (Lipinski definition) is 1. The number of amides is 1. The lowest BCUT2D eigenvalue weighted by molar-refractivity contribution is -0.121. The van der Waals surface area contributed by atoms with E-state index in [2.05, 4.69) is 36.5 Å². The molecule has 0 atom stereocenters. The van der Waals surface area contributed by atoms with Crippen molar-refractivity contribution in [1.82, 2.24) is 0 Å². The molecule has 3 rings (SSSR count). The van der Waals surface area contributed by atoms with Gasteiger partial charge in [0.1, 0.15) is 5.75 Å². The van der Waals surface area contributed by atoms with Crippen molar-refractivity contribution in [2.45, 2.75) is 71.8 Å². The molecule has 0 saturated heterocycles. The van der Waals surface area contributed by atoms with E-state index in [1.807, 2.05) is 39.8 Å². The van der Waals surface area contributed by atoms with Gasteiger partial charge in [0.15, 0.2) is 0 Å². The molecule has 3 nitrogen and oxygen atoms in total. The highest BCUT2D eigenvalue weighted by atomic mass is 16.5.